The van der Waals surface area contributed by atoms with Crippen LogP contribution < -0.4 is 21.5 Å². The van der Waals surface area contributed by atoms with Gasteiger partial charge in [-0.2, -0.15) is 0 Å². The van der Waals surface area contributed by atoms with E-state index in [9.17, 15) is 19.2 Å². The number of benzene rings is 2. The van der Waals surface area contributed by atoms with Crippen LogP contribution in [0.4, 0.5) is 5.69 Å². The third-order valence-electron chi connectivity index (χ3n) is 4.24. The molecule has 4 amide bonds. The molecular weight excluding hydrogens is 400 g/mol. The molecule has 3 rings (SSSR count). The highest BCUT2D eigenvalue weighted by Gasteiger charge is 2.20. The van der Waals surface area contributed by atoms with E-state index in [-0.39, 0.29) is 17.0 Å². The molecule has 158 valence electrons. The minimum atomic E-state index is -0.961. The second-order valence-electron chi connectivity index (χ2n) is 6.48. The average Bonchev–Trinajstić information content (AvgIpc) is 3.33. The molecular formula is C22H20N4O5. The van der Waals surface area contributed by atoms with Crippen molar-refractivity contribution in [3.05, 3.63) is 89.9 Å². The van der Waals surface area contributed by atoms with E-state index in [1.165, 1.54) is 25.3 Å². The molecule has 9 nitrogen and oxygen atoms in total. The predicted octanol–water partition coefficient (Wildman–Crippen LogP) is 2.11. The van der Waals surface area contributed by atoms with E-state index in [2.05, 4.69) is 21.5 Å². The lowest BCUT2D eigenvalue weighted by molar-refractivity contribution is -0.123. The Kier molecular flexibility index (Phi) is 6.79. The van der Waals surface area contributed by atoms with Crippen LogP contribution in [0.5, 0.6) is 0 Å². The SMILES string of the molecule is C[C@H](NC(=O)c1ccccc1NC(=O)c1ccco1)C(=O)NNC(=O)c1ccccc1. The molecule has 2 aromatic carbocycles. The summed E-state index contributed by atoms with van der Waals surface area (Å²) in [6.07, 6.45) is 1.37. The maximum atomic E-state index is 12.7. The van der Waals surface area contributed by atoms with Crippen molar-refractivity contribution < 1.29 is 23.6 Å². The third kappa shape index (κ3) is 5.57. The lowest BCUT2D eigenvalue weighted by Crippen LogP contribution is -2.51. The second-order valence-corrected chi connectivity index (χ2v) is 6.48. The molecule has 0 bridgehead atoms. The summed E-state index contributed by atoms with van der Waals surface area (Å²) in [5, 5.41) is 5.13. The van der Waals surface area contributed by atoms with Gasteiger partial charge in [-0.25, -0.2) is 0 Å². The number of carbonyl (C=O) groups is 4. The molecule has 0 unspecified atom stereocenters. The van der Waals surface area contributed by atoms with Crippen LogP contribution in [-0.2, 0) is 4.79 Å². The van der Waals surface area contributed by atoms with Gasteiger partial charge in [0.15, 0.2) is 5.76 Å². The number of furan rings is 1. The zero-order chi connectivity index (χ0) is 22.2. The number of hydrogen-bond donors (Lipinski definition) is 4. The largest absolute Gasteiger partial charge is 0.459 e. The van der Waals surface area contributed by atoms with Crippen molar-refractivity contribution in [3.8, 4) is 0 Å². The fourth-order valence-corrected chi connectivity index (χ4v) is 2.61. The van der Waals surface area contributed by atoms with Crippen LogP contribution in [0.3, 0.4) is 0 Å². The summed E-state index contributed by atoms with van der Waals surface area (Å²) >= 11 is 0. The topological polar surface area (TPSA) is 130 Å². The van der Waals surface area contributed by atoms with Crippen molar-refractivity contribution in [3.63, 3.8) is 0 Å². The normalized spacial score (nSPS) is 11.1. The molecule has 4 N–H and O–H groups in total. The van der Waals surface area contributed by atoms with Gasteiger partial charge in [-0.1, -0.05) is 30.3 Å². The third-order valence-corrected chi connectivity index (χ3v) is 4.24. The molecule has 0 aliphatic rings. The summed E-state index contributed by atoms with van der Waals surface area (Å²) in [4.78, 5) is 49.1. The molecule has 0 saturated heterocycles. The van der Waals surface area contributed by atoms with Gasteiger partial charge in [0.05, 0.1) is 17.5 Å². The highest BCUT2D eigenvalue weighted by atomic mass is 16.3. The Balaban J connectivity index is 1.58. The number of nitrogens with one attached hydrogen (secondary N) is 4. The van der Waals surface area contributed by atoms with Gasteiger partial charge in [0.25, 0.3) is 23.6 Å². The molecule has 0 aliphatic carbocycles. The molecule has 1 heterocycles. The van der Waals surface area contributed by atoms with Crippen LogP contribution in [0.25, 0.3) is 0 Å². The summed E-state index contributed by atoms with van der Waals surface area (Å²) in [5.41, 5.74) is 5.35. The first-order chi connectivity index (χ1) is 15.0. The lowest BCUT2D eigenvalue weighted by Gasteiger charge is -2.16. The highest BCUT2D eigenvalue weighted by Crippen LogP contribution is 2.16. The molecule has 0 aliphatic heterocycles. The van der Waals surface area contributed by atoms with Gasteiger partial charge in [-0.05, 0) is 43.3 Å². The summed E-state index contributed by atoms with van der Waals surface area (Å²) in [6, 6.07) is 16.8. The Morgan fingerprint density at radius 2 is 1.48 bits per heavy atom. The minimum absolute atomic E-state index is 0.0946. The summed E-state index contributed by atoms with van der Waals surface area (Å²) in [6.45, 7) is 1.46. The number of amides is 4. The first kappa shape index (κ1) is 21.3. The fourth-order valence-electron chi connectivity index (χ4n) is 2.61. The average molecular weight is 420 g/mol. The van der Waals surface area contributed by atoms with Gasteiger partial charge in [0.2, 0.25) is 0 Å². The molecule has 1 aromatic heterocycles. The Morgan fingerprint density at radius 3 is 2.19 bits per heavy atom. The molecule has 0 spiro atoms. The minimum Gasteiger partial charge on any atom is -0.459 e. The lowest BCUT2D eigenvalue weighted by atomic mass is 10.1. The summed E-state index contributed by atoms with van der Waals surface area (Å²) in [5.74, 6) is -2.10. The maximum Gasteiger partial charge on any atom is 0.291 e. The van der Waals surface area contributed by atoms with E-state index >= 15 is 0 Å². The number of hydrogen-bond acceptors (Lipinski definition) is 5. The number of para-hydroxylation sites is 1. The van der Waals surface area contributed by atoms with E-state index in [1.807, 2.05) is 0 Å². The zero-order valence-electron chi connectivity index (χ0n) is 16.5. The van der Waals surface area contributed by atoms with Crippen LogP contribution in [0.15, 0.2) is 77.4 Å². The molecule has 9 heteroatoms. The van der Waals surface area contributed by atoms with Gasteiger partial charge >= 0.3 is 0 Å². The number of anilines is 1. The first-order valence-electron chi connectivity index (χ1n) is 9.35. The Bertz CT molecular complexity index is 1080. The van der Waals surface area contributed by atoms with Crippen molar-refractivity contribution in [2.45, 2.75) is 13.0 Å². The van der Waals surface area contributed by atoms with Crippen molar-refractivity contribution >= 4 is 29.3 Å². The van der Waals surface area contributed by atoms with Gasteiger partial charge < -0.3 is 15.1 Å². The number of rotatable bonds is 6. The quantitative estimate of drug-likeness (QED) is 0.454. The van der Waals surface area contributed by atoms with Gasteiger partial charge in [0.1, 0.15) is 6.04 Å². The smallest absolute Gasteiger partial charge is 0.291 e. The monoisotopic (exact) mass is 420 g/mol. The number of hydrazine groups is 1. The van der Waals surface area contributed by atoms with Gasteiger partial charge in [-0.3, -0.25) is 30.0 Å². The predicted molar refractivity (Wildman–Crippen MR) is 112 cm³/mol. The highest BCUT2D eigenvalue weighted by molar-refractivity contribution is 6.08. The van der Waals surface area contributed by atoms with Crippen LogP contribution in [0.2, 0.25) is 0 Å². The molecule has 0 saturated carbocycles. The molecule has 3 aromatic rings. The standard InChI is InChI=1S/C22H20N4O5/c1-14(19(27)25-26-20(28)15-8-3-2-4-9-15)23-21(29)16-10-5-6-11-17(16)24-22(30)18-12-7-13-31-18/h2-14H,1H3,(H,23,29)(H,24,30)(H,25,27)(H,26,28)/t14-/m0/s1. The molecule has 0 radical (unpaired) electrons. The van der Waals surface area contributed by atoms with Crippen LogP contribution in [-0.4, -0.2) is 29.7 Å². The van der Waals surface area contributed by atoms with E-state index < -0.39 is 29.7 Å². The van der Waals surface area contributed by atoms with Crippen LogP contribution in [0, 0.1) is 0 Å². The van der Waals surface area contributed by atoms with E-state index in [0.717, 1.165) is 0 Å². The summed E-state index contributed by atoms with van der Waals surface area (Å²) < 4.78 is 5.04. The summed E-state index contributed by atoms with van der Waals surface area (Å²) in [7, 11) is 0. The molecule has 1 atom stereocenters. The second kappa shape index (κ2) is 9.88. The molecule has 31 heavy (non-hydrogen) atoms. The van der Waals surface area contributed by atoms with E-state index in [1.54, 1.807) is 54.6 Å². The van der Waals surface area contributed by atoms with Crippen molar-refractivity contribution in [2.24, 2.45) is 0 Å². The zero-order valence-corrected chi connectivity index (χ0v) is 16.5. The van der Waals surface area contributed by atoms with Crippen molar-refractivity contribution in [2.75, 3.05) is 5.32 Å². The van der Waals surface area contributed by atoms with Crippen LogP contribution in [0.1, 0.15) is 38.2 Å². The first-order valence-corrected chi connectivity index (χ1v) is 9.35. The fraction of sp³-hybridized carbons (Fsp3) is 0.0909. The van der Waals surface area contributed by atoms with E-state index in [0.29, 0.717) is 5.56 Å². The number of carbonyl (C=O) groups excluding carboxylic acids is 4. The van der Waals surface area contributed by atoms with Gasteiger partial charge in [0, 0.05) is 5.56 Å². The van der Waals surface area contributed by atoms with Crippen molar-refractivity contribution in [1.82, 2.24) is 16.2 Å². The maximum absolute atomic E-state index is 12.7. The Morgan fingerprint density at radius 1 is 0.774 bits per heavy atom. The Labute approximate surface area is 177 Å². The molecule has 0 fully saturated rings. The van der Waals surface area contributed by atoms with E-state index in [4.69, 9.17) is 4.42 Å². The van der Waals surface area contributed by atoms with Crippen molar-refractivity contribution in [1.29, 1.82) is 0 Å². The van der Waals surface area contributed by atoms with Crippen LogP contribution >= 0.6 is 0 Å². The van der Waals surface area contributed by atoms with Gasteiger partial charge in [-0.15, -0.1) is 0 Å². The Hall–Kier alpha value is -4.40.